The minimum atomic E-state index is 0.730. The highest BCUT2D eigenvalue weighted by atomic mass is 14.3. The Hall–Kier alpha value is -0.780. The van der Waals surface area contributed by atoms with Crippen molar-refractivity contribution in [1.82, 2.24) is 0 Å². The SMILES string of the molecule is C/C=C1\CCCC2C=CC=CC12. The molecule has 1 saturated carbocycles. The molecule has 2 atom stereocenters. The Bertz CT molecular complexity index is 243. The molecule has 0 aromatic carbocycles. The van der Waals surface area contributed by atoms with Gasteiger partial charge in [0.25, 0.3) is 0 Å². The molecule has 0 N–H and O–H groups in total. The Balaban J connectivity index is 2.22. The summed E-state index contributed by atoms with van der Waals surface area (Å²) in [6.45, 7) is 2.17. The zero-order valence-corrected chi connectivity index (χ0v) is 7.66. The largest absolute Gasteiger partial charge is 0.0878 e. The number of hydrogen-bond acceptors (Lipinski definition) is 0. The molecule has 0 spiro atoms. The average molecular weight is 160 g/mol. The first-order valence-electron chi connectivity index (χ1n) is 4.92. The second-order valence-electron chi connectivity index (χ2n) is 3.72. The highest BCUT2D eigenvalue weighted by molar-refractivity contribution is 5.25. The summed E-state index contributed by atoms with van der Waals surface area (Å²) in [6.07, 6.45) is 15.5. The predicted octanol–water partition coefficient (Wildman–Crippen LogP) is 3.48. The van der Waals surface area contributed by atoms with Crippen LogP contribution in [-0.4, -0.2) is 0 Å². The monoisotopic (exact) mass is 160 g/mol. The Morgan fingerprint density at radius 3 is 3.00 bits per heavy atom. The molecule has 0 nitrogen and oxygen atoms in total. The van der Waals surface area contributed by atoms with Gasteiger partial charge >= 0.3 is 0 Å². The highest BCUT2D eigenvalue weighted by Gasteiger charge is 2.25. The van der Waals surface area contributed by atoms with Crippen LogP contribution in [0.3, 0.4) is 0 Å². The average Bonchev–Trinajstić information content (AvgIpc) is 2.17. The van der Waals surface area contributed by atoms with Gasteiger partial charge in [-0.3, -0.25) is 0 Å². The fourth-order valence-corrected chi connectivity index (χ4v) is 2.37. The van der Waals surface area contributed by atoms with Crippen LogP contribution in [0.5, 0.6) is 0 Å². The third kappa shape index (κ3) is 1.26. The van der Waals surface area contributed by atoms with E-state index in [0.717, 1.165) is 11.8 Å². The summed E-state index contributed by atoms with van der Waals surface area (Å²) in [4.78, 5) is 0. The standard InChI is InChI=1S/C12H16/c1-2-10-7-5-8-11-6-3-4-9-12(10)11/h2-4,6,9,11-12H,5,7-8H2,1H3/b10-2+. The van der Waals surface area contributed by atoms with E-state index in [1.807, 2.05) is 0 Å². The van der Waals surface area contributed by atoms with E-state index >= 15 is 0 Å². The molecular weight excluding hydrogens is 144 g/mol. The van der Waals surface area contributed by atoms with Crippen LogP contribution in [0.1, 0.15) is 26.2 Å². The van der Waals surface area contributed by atoms with Gasteiger partial charge in [0, 0.05) is 5.92 Å². The lowest BCUT2D eigenvalue weighted by Crippen LogP contribution is -2.19. The van der Waals surface area contributed by atoms with Gasteiger partial charge in [-0.05, 0) is 32.1 Å². The van der Waals surface area contributed by atoms with Gasteiger partial charge < -0.3 is 0 Å². The van der Waals surface area contributed by atoms with E-state index in [2.05, 4.69) is 37.3 Å². The molecule has 0 aromatic rings. The number of fused-ring (bicyclic) bond motifs is 1. The zero-order valence-electron chi connectivity index (χ0n) is 7.66. The van der Waals surface area contributed by atoms with Crippen LogP contribution in [0.25, 0.3) is 0 Å². The molecule has 0 aliphatic heterocycles. The maximum Gasteiger partial charge on any atom is 0.00427 e. The van der Waals surface area contributed by atoms with E-state index in [4.69, 9.17) is 0 Å². The van der Waals surface area contributed by atoms with Crippen molar-refractivity contribution in [3.8, 4) is 0 Å². The summed E-state index contributed by atoms with van der Waals surface area (Å²) in [6, 6.07) is 0. The third-order valence-electron chi connectivity index (χ3n) is 3.05. The lowest BCUT2D eigenvalue weighted by molar-refractivity contribution is 0.414. The number of rotatable bonds is 0. The van der Waals surface area contributed by atoms with Crippen molar-refractivity contribution in [1.29, 1.82) is 0 Å². The Kier molecular flexibility index (Phi) is 2.16. The van der Waals surface area contributed by atoms with Gasteiger partial charge in [-0.25, -0.2) is 0 Å². The molecule has 2 aliphatic rings. The molecule has 0 amide bonds. The number of hydrogen-bond donors (Lipinski definition) is 0. The van der Waals surface area contributed by atoms with Crippen LogP contribution in [0.2, 0.25) is 0 Å². The fraction of sp³-hybridized carbons (Fsp3) is 0.500. The van der Waals surface area contributed by atoms with Crippen LogP contribution in [0.15, 0.2) is 36.0 Å². The Morgan fingerprint density at radius 1 is 1.33 bits per heavy atom. The molecule has 0 heteroatoms. The quantitative estimate of drug-likeness (QED) is 0.476. The highest BCUT2D eigenvalue weighted by Crippen LogP contribution is 2.37. The van der Waals surface area contributed by atoms with Crippen LogP contribution in [-0.2, 0) is 0 Å². The van der Waals surface area contributed by atoms with Crippen molar-refractivity contribution in [2.75, 3.05) is 0 Å². The zero-order chi connectivity index (χ0) is 8.39. The van der Waals surface area contributed by atoms with E-state index < -0.39 is 0 Å². The van der Waals surface area contributed by atoms with Crippen LogP contribution < -0.4 is 0 Å². The van der Waals surface area contributed by atoms with Crippen LogP contribution in [0, 0.1) is 11.8 Å². The van der Waals surface area contributed by atoms with Gasteiger partial charge in [0.05, 0.1) is 0 Å². The van der Waals surface area contributed by atoms with Crippen LogP contribution in [0.4, 0.5) is 0 Å². The molecule has 2 unspecified atom stereocenters. The summed E-state index contributed by atoms with van der Waals surface area (Å²) in [5, 5.41) is 0. The Morgan fingerprint density at radius 2 is 2.17 bits per heavy atom. The smallest absolute Gasteiger partial charge is 0.00427 e. The first-order valence-corrected chi connectivity index (χ1v) is 4.92. The van der Waals surface area contributed by atoms with Crippen molar-refractivity contribution >= 4 is 0 Å². The minimum Gasteiger partial charge on any atom is -0.0878 e. The van der Waals surface area contributed by atoms with Gasteiger partial charge in [-0.15, -0.1) is 0 Å². The molecule has 0 radical (unpaired) electrons. The first-order chi connectivity index (χ1) is 5.92. The second kappa shape index (κ2) is 3.30. The summed E-state index contributed by atoms with van der Waals surface area (Å²) < 4.78 is 0. The van der Waals surface area contributed by atoms with Gasteiger partial charge in [0.2, 0.25) is 0 Å². The van der Waals surface area contributed by atoms with E-state index in [-0.39, 0.29) is 0 Å². The fourth-order valence-electron chi connectivity index (χ4n) is 2.37. The molecular formula is C12H16. The maximum absolute atomic E-state index is 2.37. The van der Waals surface area contributed by atoms with Gasteiger partial charge in [0.15, 0.2) is 0 Å². The Labute approximate surface area is 74.7 Å². The van der Waals surface area contributed by atoms with Gasteiger partial charge in [-0.1, -0.05) is 36.0 Å². The maximum atomic E-state index is 2.37. The lowest BCUT2D eigenvalue weighted by atomic mass is 9.74. The summed E-state index contributed by atoms with van der Waals surface area (Å²) in [5.41, 5.74) is 1.65. The molecule has 0 heterocycles. The normalized spacial score (nSPS) is 36.9. The van der Waals surface area contributed by atoms with Crippen LogP contribution >= 0.6 is 0 Å². The molecule has 0 aromatic heterocycles. The third-order valence-corrected chi connectivity index (χ3v) is 3.05. The molecule has 2 rings (SSSR count). The number of allylic oxidation sites excluding steroid dienone is 6. The molecule has 0 bridgehead atoms. The van der Waals surface area contributed by atoms with Crippen molar-refractivity contribution in [2.45, 2.75) is 26.2 Å². The minimum absolute atomic E-state index is 0.730. The van der Waals surface area contributed by atoms with E-state index in [0.29, 0.717) is 0 Å². The predicted molar refractivity (Wildman–Crippen MR) is 52.9 cm³/mol. The van der Waals surface area contributed by atoms with E-state index in [9.17, 15) is 0 Å². The second-order valence-corrected chi connectivity index (χ2v) is 3.72. The molecule has 64 valence electrons. The summed E-state index contributed by atoms with van der Waals surface area (Å²) in [5.74, 6) is 1.53. The lowest BCUT2D eigenvalue weighted by Gasteiger charge is -2.31. The van der Waals surface area contributed by atoms with E-state index in [1.165, 1.54) is 19.3 Å². The molecule has 1 fully saturated rings. The molecule has 12 heavy (non-hydrogen) atoms. The topological polar surface area (TPSA) is 0 Å². The van der Waals surface area contributed by atoms with Gasteiger partial charge in [-0.2, -0.15) is 0 Å². The summed E-state index contributed by atoms with van der Waals surface area (Å²) in [7, 11) is 0. The summed E-state index contributed by atoms with van der Waals surface area (Å²) >= 11 is 0. The van der Waals surface area contributed by atoms with Crippen molar-refractivity contribution in [3.05, 3.63) is 36.0 Å². The molecule has 2 aliphatic carbocycles. The molecule has 0 saturated heterocycles. The van der Waals surface area contributed by atoms with E-state index in [1.54, 1.807) is 5.57 Å². The van der Waals surface area contributed by atoms with Gasteiger partial charge in [0.1, 0.15) is 0 Å². The van der Waals surface area contributed by atoms with Crippen molar-refractivity contribution < 1.29 is 0 Å². The van der Waals surface area contributed by atoms with Crippen molar-refractivity contribution in [3.63, 3.8) is 0 Å². The first kappa shape index (κ1) is 7.85. The van der Waals surface area contributed by atoms with Crippen molar-refractivity contribution in [2.24, 2.45) is 11.8 Å².